The molecule has 0 atom stereocenters. The summed E-state index contributed by atoms with van der Waals surface area (Å²) in [4.78, 5) is 26.3. The van der Waals surface area contributed by atoms with Crippen LogP contribution in [0.2, 0.25) is 5.02 Å². The number of hydrogen-bond acceptors (Lipinski definition) is 3. The first-order valence-corrected chi connectivity index (χ1v) is 9.01. The first-order chi connectivity index (χ1) is 12.4. The third-order valence-corrected chi connectivity index (χ3v) is 4.41. The van der Waals surface area contributed by atoms with Crippen LogP contribution in [0.5, 0.6) is 0 Å². The van der Waals surface area contributed by atoms with Gasteiger partial charge in [0, 0.05) is 36.0 Å². The molecule has 138 valence electrons. The van der Waals surface area contributed by atoms with E-state index in [2.05, 4.69) is 29.4 Å². The Kier molecular flexibility index (Phi) is 7.04. The molecule has 6 heteroatoms. The molecule has 0 saturated heterocycles. The average molecular weight is 374 g/mol. The Labute approximate surface area is 159 Å². The molecule has 0 spiro atoms. The van der Waals surface area contributed by atoms with Gasteiger partial charge in [-0.15, -0.1) is 0 Å². The molecule has 5 nitrogen and oxygen atoms in total. The smallest absolute Gasteiger partial charge is 0.313 e. The van der Waals surface area contributed by atoms with Gasteiger partial charge < -0.3 is 15.5 Å². The summed E-state index contributed by atoms with van der Waals surface area (Å²) < 4.78 is 0. The molecule has 2 amide bonds. The van der Waals surface area contributed by atoms with E-state index in [-0.39, 0.29) is 6.54 Å². The molecule has 0 aliphatic heterocycles. The molecule has 0 unspecified atom stereocenters. The summed E-state index contributed by atoms with van der Waals surface area (Å²) in [5, 5.41) is 5.90. The lowest BCUT2D eigenvalue weighted by Crippen LogP contribution is -2.35. The van der Waals surface area contributed by atoms with Crippen molar-refractivity contribution in [3.8, 4) is 0 Å². The van der Waals surface area contributed by atoms with E-state index < -0.39 is 11.8 Å². The van der Waals surface area contributed by atoms with Gasteiger partial charge in [-0.3, -0.25) is 9.59 Å². The van der Waals surface area contributed by atoms with Gasteiger partial charge >= 0.3 is 11.8 Å². The molecule has 0 aliphatic rings. The second kappa shape index (κ2) is 9.25. The number of carbonyl (C=O) groups excluding carboxylic acids is 2. The Hall–Kier alpha value is -2.53. The number of aryl methyl sites for hydroxylation is 1. The van der Waals surface area contributed by atoms with Crippen molar-refractivity contribution in [1.82, 2.24) is 5.32 Å². The maximum atomic E-state index is 12.1. The van der Waals surface area contributed by atoms with Crippen molar-refractivity contribution < 1.29 is 9.59 Å². The van der Waals surface area contributed by atoms with E-state index in [1.165, 1.54) is 0 Å². The minimum atomic E-state index is -0.683. The third-order valence-electron chi connectivity index (χ3n) is 4.16. The Morgan fingerprint density at radius 2 is 1.65 bits per heavy atom. The van der Waals surface area contributed by atoms with Crippen LogP contribution in [0.25, 0.3) is 0 Å². The number of nitrogens with one attached hydrogen (secondary N) is 2. The molecule has 2 rings (SSSR count). The lowest BCUT2D eigenvalue weighted by molar-refractivity contribution is -0.136. The van der Waals surface area contributed by atoms with Crippen LogP contribution in [-0.2, 0) is 16.1 Å². The topological polar surface area (TPSA) is 61.4 Å². The zero-order valence-electron chi connectivity index (χ0n) is 15.3. The molecule has 0 aliphatic carbocycles. The Balaban J connectivity index is 1.95. The average Bonchev–Trinajstić information content (AvgIpc) is 2.64. The molecular formula is C20H24ClN3O2. The standard InChI is InChI=1S/C20H24ClN3O2/c1-4-24(5-2)17-10-11-18(14(3)12-17)23-20(26)19(25)22-13-15-6-8-16(21)9-7-15/h6-12H,4-5,13H2,1-3H3,(H,22,25)(H,23,26). The minimum Gasteiger partial charge on any atom is -0.372 e. The second-order valence-electron chi connectivity index (χ2n) is 5.93. The second-order valence-corrected chi connectivity index (χ2v) is 6.37. The van der Waals surface area contributed by atoms with Crippen LogP contribution in [0, 0.1) is 6.92 Å². The highest BCUT2D eigenvalue weighted by Gasteiger charge is 2.15. The van der Waals surface area contributed by atoms with E-state index in [4.69, 9.17) is 11.6 Å². The fraction of sp³-hybridized carbons (Fsp3) is 0.300. The number of carbonyl (C=O) groups is 2. The van der Waals surface area contributed by atoms with Crippen LogP contribution in [-0.4, -0.2) is 24.9 Å². The van der Waals surface area contributed by atoms with Gasteiger partial charge in [0.1, 0.15) is 0 Å². The van der Waals surface area contributed by atoms with Crippen molar-refractivity contribution in [3.05, 3.63) is 58.6 Å². The molecule has 26 heavy (non-hydrogen) atoms. The van der Waals surface area contributed by atoms with Gasteiger partial charge in [-0.05, 0) is 62.2 Å². The van der Waals surface area contributed by atoms with Crippen molar-refractivity contribution in [3.63, 3.8) is 0 Å². The molecule has 0 heterocycles. The number of rotatable bonds is 6. The number of hydrogen-bond donors (Lipinski definition) is 2. The Bertz CT molecular complexity index is 771. The van der Waals surface area contributed by atoms with Crippen molar-refractivity contribution in [2.24, 2.45) is 0 Å². The van der Waals surface area contributed by atoms with E-state index in [0.717, 1.165) is 29.9 Å². The predicted molar refractivity (Wildman–Crippen MR) is 107 cm³/mol. The van der Waals surface area contributed by atoms with Gasteiger partial charge in [-0.25, -0.2) is 0 Å². The van der Waals surface area contributed by atoms with Crippen LogP contribution in [0.15, 0.2) is 42.5 Å². The summed E-state index contributed by atoms with van der Waals surface area (Å²) in [6.07, 6.45) is 0. The lowest BCUT2D eigenvalue weighted by atomic mass is 10.1. The largest absolute Gasteiger partial charge is 0.372 e. The Morgan fingerprint density at radius 3 is 2.23 bits per heavy atom. The normalized spacial score (nSPS) is 10.3. The molecular weight excluding hydrogens is 350 g/mol. The van der Waals surface area contributed by atoms with Gasteiger partial charge in [0.05, 0.1) is 0 Å². The van der Waals surface area contributed by atoms with Crippen LogP contribution in [0.3, 0.4) is 0 Å². The van der Waals surface area contributed by atoms with Crippen molar-refractivity contribution in [2.75, 3.05) is 23.3 Å². The fourth-order valence-electron chi connectivity index (χ4n) is 2.62. The molecule has 0 radical (unpaired) electrons. The first kappa shape index (κ1) is 19.8. The number of halogens is 1. The lowest BCUT2D eigenvalue weighted by Gasteiger charge is -2.22. The maximum absolute atomic E-state index is 12.1. The van der Waals surface area contributed by atoms with Crippen molar-refractivity contribution in [1.29, 1.82) is 0 Å². The van der Waals surface area contributed by atoms with Crippen molar-refractivity contribution >= 4 is 34.8 Å². The number of nitrogens with zero attached hydrogens (tertiary/aromatic N) is 1. The van der Waals surface area contributed by atoms with Gasteiger partial charge in [0.2, 0.25) is 0 Å². The summed E-state index contributed by atoms with van der Waals surface area (Å²) in [5.74, 6) is -1.36. The van der Waals surface area contributed by atoms with E-state index in [9.17, 15) is 9.59 Å². The van der Waals surface area contributed by atoms with Gasteiger partial charge in [-0.2, -0.15) is 0 Å². The van der Waals surface area contributed by atoms with E-state index in [1.54, 1.807) is 24.3 Å². The molecule has 0 bridgehead atoms. The number of amides is 2. The van der Waals surface area contributed by atoms with Gasteiger partial charge in [-0.1, -0.05) is 23.7 Å². The first-order valence-electron chi connectivity index (χ1n) is 8.63. The van der Waals surface area contributed by atoms with Crippen LogP contribution < -0.4 is 15.5 Å². The summed E-state index contributed by atoms with van der Waals surface area (Å²) >= 11 is 5.82. The third kappa shape index (κ3) is 5.23. The summed E-state index contributed by atoms with van der Waals surface area (Å²) in [5.41, 5.74) is 3.51. The molecule has 2 aromatic rings. The zero-order chi connectivity index (χ0) is 19.1. The molecule has 2 N–H and O–H groups in total. The molecule has 0 aromatic heterocycles. The highest BCUT2D eigenvalue weighted by atomic mass is 35.5. The Morgan fingerprint density at radius 1 is 1.00 bits per heavy atom. The summed E-state index contributed by atoms with van der Waals surface area (Å²) in [6.45, 7) is 8.19. The highest BCUT2D eigenvalue weighted by Crippen LogP contribution is 2.22. The van der Waals surface area contributed by atoms with Gasteiger partial charge in [0.15, 0.2) is 0 Å². The van der Waals surface area contributed by atoms with Crippen molar-refractivity contribution in [2.45, 2.75) is 27.3 Å². The highest BCUT2D eigenvalue weighted by molar-refractivity contribution is 6.39. The predicted octanol–water partition coefficient (Wildman–Crippen LogP) is 3.75. The molecule has 2 aromatic carbocycles. The zero-order valence-corrected chi connectivity index (χ0v) is 16.1. The quantitative estimate of drug-likeness (QED) is 0.758. The van der Waals surface area contributed by atoms with E-state index >= 15 is 0 Å². The monoisotopic (exact) mass is 373 g/mol. The maximum Gasteiger partial charge on any atom is 0.313 e. The number of anilines is 2. The van der Waals surface area contributed by atoms with Gasteiger partial charge in [0.25, 0.3) is 0 Å². The van der Waals surface area contributed by atoms with Crippen LogP contribution >= 0.6 is 11.6 Å². The molecule has 0 saturated carbocycles. The number of benzene rings is 2. The van der Waals surface area contributed by atoms with Crippen LogP contribution in [0.4, 0.5) is 11.4 Å². The minimum absolute atomic E-state index is 0.267. The van der Waals surface area contributed by atoms with E-state index in [1.807, 2.05) is 25.1 Å². The van der Waals surface area contributed by atoms with Crippen LogP contribution in [0.1, 0.15) is 25.0 Å². The molecule has 0 fully saturated rings. The van der Waals surface area contributed by atoms with E-state index in [0.29, 0.717) is 10.7 Å². The summed E-state index contributed by atoms with van der Waals surface area (Å²) in [7, 11) is 0. The SMILES string of the molecule is CCN(CC)c1ccc(NC(=O)C(=O)NCc2ccc(Cl)cc2)c(C)c1. The fourth-order valence-corrected chi connectivity index (χ4v) is 2.74. The summed E-state index contributed by atoms with van der Waals surface area (Å²) in [6, 6.07) is 12.9.